The van der Waals surface area contributed by atoms with Crippen LogP contribution in [0.15, 0.2) is 0 Å². The van der Waals surface area contributed by atoms with Gasteiger partial charge in [0.05, 0.1) is 7.11 Å². The Balaban J connectivity index is 0. The highest BCUT2D eigenvalue weighted by Crippen LogP contribution is 1.84. The molecular weight excluding hydrogens is 165 g/mol. The zero-order chi connectivity index (χ0) is 6.57. The molecule has 0 radical (unpaired) electrons. The fourth-order valence-electron chi connectivity index (χ4n) is 0.221. The second-order valence-electron chi connectivity index (χ2n) is 1.35. The van der Waals surface area contributed by atoms with Gasteiger partial charge in [0.1, 0.15) is 6.04 Å². The third-order valence-electron chi connectivity index (χ3n) is 0.718. The number of nitrogens with one attached hydrogen (secondary N) is 1. The minimum absolute atomic E-state index is 0. The van der Waals surface area contributed by atoms with E-state index in [4.69, 9.17) is 11.8 Å². The van der Waals surface area contributed by atoms with E-state index in [1.165, 1.54) is 7.11 Å². The summed E-state index contributed by atoms with van der Waals surface area (Å²) in [4.78, 5) is 12.6. The molecule has 3 nitrogen and oxygen atoms in total. The molecule has 0 aliphatic carbocycles. The predicted octanol–water partition coefficient (Wildman–Crippen LogP) is 0.713. The molecule has 0 saturated heterocycles. The number of hydrogen-bond acceptors (Lipinski definition) is 3. The van der Waals surface area contributed by atoms with Crippen molar-refractivity contribution in [1.82, 2.24) is 4.84 Å². The minimum Gasteiger partial charge on any atom is -0.468 e. The fourth-order valence-corrected chi connectivity index (χ4v) is 0.310. The van der Waals surface area contributed by atoms with E-state index in [1.54, 1.807) is 6.92 Å². The van der Waals surface area contributed by atoms with Crippen LogP contribution in [0.25, 0.3) is 0 Å². The van der Waals surface area contributed by atoms with Crippen LogP contribution in [0.2, 0.25) is 0 Å². The van der Waals surface area contributed by atoms with Gasteiger partial charge in [-0.15, -0.1) is 12.4 Å². The average Bonchev–Trinajstić information content (AvgIpc) is 1.84. The normalized spacial score (nSPS) is 11.4. The van der Waals surface area contributed by atoms with Crippen molar-refractivity contribution in [2.45, 2.75) is 13.0 Å². The Morgan fingerprint density at radius 3 is 2.33 bits per heavy atom. The molecule has 9 heavy (non-hydrogen) atoms. The Kier molecular flexibility index (Phi) is 8.02. The lowest BCUT2D eigenvalue weighted by molar-refractivity contribution is -0.142. The van der Waals surface area contributed by atoms with Crippen LogP contribution in [0.4, 0.5) is 0 Å². The van der Waals surface area contributed by atoms with Gasteiger partial charge >= 0.3 is 5.97 Å². The Labute approximate surface area is 65.2 Å². The van der Waals surface area contributed by atoms with Crippen molar-refractivity contribution < 1.29 is 9.53 Å². The zero-order valence-corrected chi connectivity index (χ0v) is 6.75. The van der Waals surface area contributed by atoms with E-state index < -0.39 is 6.04 Å². The molecule has 0 aliphatic heterocycles. The molecule has 0 rings (SSSR count). The molecule has 0 saturated carbocycles. The number of methoxy groups -OCH3 is 1. The maximum atomic E-state index is 10.4. The maximum absolute atomic E-state index is 10.4. The van der Waals surface area contributed by atoms with Gasteiger partial charge in [0, 0.05) is 0 Å². The van der Waals surface area contributed by atoms with Crippen LogP contribution in [0.5, 0.6) is 0 Å². The van der Waals surface area contributed by atoms with Crippen LogP contribution in [0.3, 0.4) is 0 Å². The topological polar surface area (TPSA) is 38.3 Å². The lowest BCUT2D eigenvalue weighted by atomic mass is 10.4. The van der Waals surface area contributed by atoms with Crippen LogP contribution < -0.4 is 4.84 Å². The molecule has 1 N–H and O–H groups in total. The Bertz CT molecular complexity index is 88.6. The molecule has 0 heterocycles. The highest BCUT2D eigenvalue weighted by atomic mass is 35.5. The van der Waals surface area contributed by atoms with E-state index in [9.17, 15) is 4.79 Å². The van der Waals surface area contributed by atoms with E-state index in [-0.39, 0.29) is 18.4 Å². The Hall–Kier alpha value is 0.01000. The zero-order valence-electron chi connectivity index (χ0n) is 5.18. The van der Waals surface area contributed by atoms with Crippen LogP contribution in [-0.4, -0.2) is 19.1 Å². The average molecular weight is 174 g/mol. The van der Waals surface area contributed by atoms with Gasteiger partial charge in [0.15, 0.2) is 0 Å². The number of carbonyl (C=O) groups excluding carboxylic acids is 1. The second-order valence-corrected chi connectivity index (χ2v) is 1.57. The molecule has 56 valence electrons. The predicted molar refractivity (Wildman–Crippen MR) is 37.7 cm³/mol. The van der Waals surface area contributed by atoms with Gasteiger partial charge < -0.3 is 4.74 Å². The summed E-state index contributed by atoms with van der Waals surface area (Å²) in [6, 6.07) is -0.429. The lowest BCUT2D eigenvalue weighted by Gasteiger charge is -2.02. The summed E-state index contributed by atoms with van der Waals surface area (Å²) in [7, 11) is 1.31. The molecule has 0 fully saturated rings. The summed E-state index contributed by atoms with van der Waals surface area (Å²) in [5.74, 6) is -0.361. The smallest absolute Gasteiger partial charge is 0.323 e. The van der Waals surface area contributed by atoms with E-state index in [2.05, 4.69) is 9.57 Å². The quantitative estimate of drug-likeness (QED) is 0.495. The molecule has 0 spiro atoms. The van der Waals surface area contributed by atoms with Crippen molar-refractivity contribution in [3.63, 3.8) is 0 Å². The van der Waals surface area contributed by atoms with Gasteiger partial charge in [-0.2, -0.15) is 0 Å². The summed E-state index contributed by atoms with van der Waals surface area (Å²) >= 11 is 5.07. The molecule has 0 unspecified atom stereocenters. The Morgan fingerprint density at radius 2 is 2.22 bits per heavy atom. The molecule has 5 heteroatoms. The third kappa shape index (κ3) is 4.51. The first kappa shape index (κ1) is 11.8. The van der Waals surface area contributed by atoms with Gasteiger partial charge in [-0.25, -0.2) is 4.84 Å². The van der Waals surface area contributed by atoms with Crippen molar-refractivity contribution in [3.05, 3.63) is 0 Å². The lowest BCUT2D eigenvalue weighted by Crippen LogP contribution is -2.28. The van der Waals surface area contributed by atoms with Crippen LogP contribution >= 0.6 is 24.2 Å². The van der Waals surface area contributed by atoms with Crippen LogP contribution in [0, 0.1) is 0 Å². The van der Waals surface area contributed by atoms with E-state index in [0.29, 0.717) is 0 Å². The van der Waals surface area contributed by atoms with Gasteiger partial charge in [-0.1, -0.05) is 0 Å². The SMILES string of the molecule is COC(=O)[C@H](C)NCl.Cl. The summed E-state index contributed by atoms with van der Waals surface area (Å²) in [6.07, 6.45) is 0. The van der Waals surface area contributed by atoms with Gasteiger partial charge in [0.25, 0.3) is 0 Å². The van der Waals surface area contributed by atoms with Crippen molar-refractivity contribution in [1.29, 1.82) is 0 Å². The first-order valence-corrected chi connectivity index (χ1v) is 2.54. The molecule has 0 aliphatic rings. The largest absolute Gasteiger partial charge is 0.468 e. The third-order valence-corrected chi connectivity index (χ3v) is 1.05. The maximum Gasteiger partial charge on any atom is 0.323 e. The van der Waals surface area contributed by atoms with E-state index in [0.717, 1.165) is 0 Å². The van der Waals surface area contributed by atoms with Gasteiger partial charge in [-0.3, -0.25) is 4.79 Å². The van der Waals surface area contributed by atoms with Crippen molar-refractivity contribution >= 4 is 30.2 Å². The fraction of sp³-hybridized carbons (Fsp3) is 0.750. The van der Waals surface area contributed by atoms with Gasteiger partial charge in [-0.05, 0) is 18.7 Å². The molecule has 0 bridgehead atoms. The van der Waals surface area contributed by atoms with Crippen molar-refractivity contribution in [2.75, 3.05) is 7.11 Å². The molecule has 0 aromatic carbocycles. The number of rotatable bonds is 2. The molecule has 0 amide bonds. The summed E-state index contributed by atoms with van der Waals surface area (Å²) in [6.45, 7) is 1.61. The summed E-state index contributed by atoms with van der Waals surface area (Å²) in [5, 5.41) is 0. The summed E-state index contributed by atoms with van der Waals surface area (Å²) < 4.78 is 4.32. The highest BCUT2D eigenvalue weighted by molar-refractivity contribution is 6.14. The van der Waals surface area contributed by atoms with E-state index >= 15 is 0 Å². The second kappa shape index (κ2) is 6.13. The van der Waals surface area contributed by atoms with Crippen molar-refractivity contribution in [2.24, 2.45) is 0 Å². The first-order valence-electron chi connectivity index (χ1n) is 2.16. The molecule has 1 atom stereocenters. The number of hydrogen-bond donors (Lipinski definition) is 1. The molecule has 0 aromatic heterocycles. The Morgan fingerprint density at radius 1 is 1.78 bits per heavy atom. The van der Waals surface area contributed by atoms with Crippen molar-refractivity contribution in [3.8, 4) is 0 Å². The van der Waals surface area contributed by atoms with Gasteiger partial charge in [0.2, 0.25) is 0 Å². The number of esters is 1. The monoisotopic (exact) mass is 173 g/mol. The van der Waals surface area contributed by atoms with Crippen LogP contribution in [0.1, 0.15) is 6.92 Å². The van der Waals surface area contributed by atoms with Crippen LogP contribution in [-0.2, 0) is 9.53 Å². The highest BCUT2D eigenvalue weighted by Gasteiger charge is 2.09. The summed E-state index contributed by atoms with van der Waals surface area (Å²) in [5.41, 5.74) is 0. The minimum atomic E-state index is -0.429. The first-order chi connectivity index (χ1) is 3.72. The van der Waals surface area contributed by atoms with E-state index in [1.807, 2.05) is 0 Å². The number of ether oxygens (including phenoxy) is 1. The standard InChI is InChI=1S/C4H8ClNO2.ClH/c1-3(6-5)4(7)8-2;/h3,6H,1-2H3;1H/t3-;/m0./s1. The number of halogens is 2. The molecule has 0 aromatic rings. The number of carbonyl (C=O) groups is 1. The molecular formula is C4H9Cl2NO2.